The van der Waals surface area contributed by atoms with E-state index < -0.39 is 11.7 Å². The first kappa shape index (κ1) is 29.8. The van der Waals surface area contributed by atoms with Crippen LogP contribution in [0.1, 0.15) is 95.4 Å². The monoisotopic (exact) mass is 624 g/mol. The topological polar surface area (TPSA) is 44.8 Å². The number of fused-ring (bicyclic) bond motifs is 12. The highest BCUT2D eigenvalue weighted by atomic mass is 19.4. The Morgan fingerprint density at radius 2 is 1.46 bits per heavy atom. The van der Waals surface area contributed by atoms with Crippen molar-refractivity contribution in [1.82, 2.24) is 20.2 Å². The quantitative estimate of drug-likeness (QED) is 0.187. The molecule has 7 heteroatoms. The first-order valence-corrected chi connectivity index (χ1v) is 17.1. The van der Waals surface area contributed by atoms with Gasteiger partial charge in [0.25, 0.3) is 0 Å². The summed E-state index contributed by atoms with van der Waals surface area (Å²) in [6, 6.07) is 21.3. The molecule has 3 N–H and O–H groups in total. The number of nitrogens with zero attached hydrogens (tertiary/aromatic N) is 1. The summed E-state index contributed by atoms with van der Waals surface area (Å²) in [4.78, 5) is 3.63. The van der Waals surface area contributed by atoms with Crippen LogP contribution in [0.3, 0.4) is 0 Å². The van der Waals surface area contributed by atoms with Crippen LogP contribution in [0.15, 0.2) is 60.7 Å². The first-order chi connectivity index (χ1) is 22.2. The highest BCUT2D eigenvalue weighted by Gasteiger charge is 2.35. The van der Waals surface area contributed by atoms with Gasteiger partial charge in [-0.3, -0.25) is 0 Å². The molecular formula is C39H43F3N4. The van der Waals surface area contributed by atoms with Crippen LogP contribution in [-0.4, -0.2) is 21.6 Å². The summed E-state index contributed by atoms with van der Waals surface area (Å²) in [5.74, 6) is 0. The molecule has 6 heterocycles. The molecule has 0 radical (unpaired) electrons. The minimum atomic E-state index is -4.30. The number of hydrogen-bond donors (Lipinski definition) is 3. The molecular weight excluding hydrogens is 581 g/mol. The van der Waals surface area contributed by atoms with Crippen LogP contribution >= 0.6 is 0 Å². The fraction of sp³-hybridized carbons (Fsp3) is 0.436. The van der Waals surface area contributed by atoms with Gasteiger partial charge in [0, 0.05) is 76.7 Å². The molecule has 2 aromatic heterocycles. The van der Waals surface area contributed by atoms with Gasteiger partial charge in [0.15, 0.2) is 0 Å². The lowest BCUT2D eigenvalue weighted by atomic mass is 9.84. The van der Waals surface area contributed by atoms with Crippen molar-refractivity contribution in [3.63, 3.8) is 0 Å². The van der Waals surface area contributed by atoms with Crippen LogP contribution in [0.25, 0.3) is 21.8 Å². The normalized spacial score (nSPS) is 23.5. The Morgan fingerprint density at radius 1 is 0.761 bits per heavy atom. The van der Waals surface area contributed by atoms with Crippen LogP contribution in [0.2, 0.25) is 0 Å². The Kier molecular flexibility index (Phi) is 7.52. The van der Waals surface area contributed by atoms with Crippen LogP contribution in [0.5, 0.6) is 0 Å². The maximum absolute atomic E-state index is 13.1. The lowest BCUT2D eigenvalue weighted by Crippen LogP contribution is -2.43. The minimum Gasteiger partial charge on any atom is -0.358 e. The maximum Gasteiger partial charge on any atom is 0.416 e. The van der Waals surface area contributed by atoms with Crippen molar-refractivity contribution in [2.24, 2.45) is 0 Å². The predicted octanol–water partition coefficient (Wildman–Crippen LogP) is 9.17. The average Bonchev–Trinajstić information content (AvgIpc) is 3.54. The molecule has 2 unspecified atom stereocenters. The van der Waals surface area contributed by atoms with Gasteiger partial charge in [0.2, 0.25) is 0 Å². The smallest absolute Gasteiger partial charge is 0.358 e. The van der Waals surface area contributed by atoms with Crippen molar-refractivity contribution < 1.29 is 13.2 Å². The summed E-state index contributed by atoms with van der Waals surface area (Å²) in [5.41, 5.74) is 11.1. The molecule has 4 atom stereocenters. The average molecular weight is 625 g/mol. The van der Waals surface area contributed by atoms with E-state index in [0.29, 0.717) is 37.1 Å². The molecule has 0 aliphatic carbocycles. The zero-order valence-electron chi connectivity index (χ0n) is 26.7. The fourth-order valence-electron chi connectivity index (χ4n) is 8.79. The highest BCUT2D eigenvalue weighted by molar-refractivity contribution is 5.87. The van der Waals surface area contributed by atoms with E-state index in [4.69, 9.17) is 0 Å². The van der Waals surface area contributed by atoms with Gasteiger partial charge in [-0.1, -0.05) is 41.5 Å². The highest BCUT2D eigenvalue weighted by Crippen LogP contribution is 2.42. The summed E-state index contributed by atoms with van der Waals surface area (Å²) in [6.45, 7) is 5.00. The first-order valence-electron chi connectivity index (χ1n) is 17.1. The number of benzene rings is 3. The van der Waals surface area contributed by atoms with Crippen molar-refractivity contribution in [3.05, 3.63) is 105 Å². The van der Waals surface area contributed by atoms with Gasteiger partial charge < -0.3 is 20.2 Å². The maximum atomic E-state index is 13.1. The molecule has 9 rings (SSSR count). The number of alkyl halides is 3. The molecule has 4 bridgehead atoms. The van der Waals surface area contributed by atoms with Crippen LogP contribution in [-0.2, 0) is 32.0 Å². The molecule has 2 fully saturated rings. The van der Waals surface area contributed by atoms with Crippen molar-refractivity contribution in [1.29, 1.82) is 0 Å². The summed E-state index contributed by atoms with van der Waals surface area (Å²) >= 11 is 0. The minimum absolute atomic E-state index is 0.400. The second-order valence-electron chi connectivity index (χ2n) is 14.1. The molecule has 3 aromatic carbocycles. The summed E-state index contributed by atoms with van der Waals surface area (Å²) in [5, 5.41) is 10.3. The van der Waals surface area contributed by atoms with Crippen molar-refractivity contribution in [2.75, 3.05) is 0 Å². The predicted molar refractivity (Wildman–Crippen MR) is 179 cm³/mol. The van der Waals surface area contributed by atoms with E-state index in [2.05, 4.69) is 70.4 Å². The summed E-state index contributed by atoms with van der Waals surface area (Å²) in [6.07, 6.45) is 6.10. The number of aromatic amines is 1. The van der Waals surface area contributed by atoms with Crippen LogP contribution in [0.4, 0.5) is 13.2 Å². The lowest BCUT2D eigenvalue weighted by Gasteiger charge is -2.37. The van der Waals surface area contributed by atoms with Crippen LogP contribution < -0.4 is 10.6 Å². The number of nitrogens with one attached hydrogen (secondary N) is 3. The summed E-state index contributed by atoms with van der Waals surface area (Å²) in [7, 11) is 0. The Balaban J connectivity index is 0.000000155. The standard InChI is InChI=1S/C24H25F3N2.C15H18N2/c1-15-8-9-21-19(12-15)23-20-7-3-6-18(28-20)14-22(23)29(21)11-10-16-4-2-5-17(13-16)24(25,26)27;1-9-5-6-12-11(7-9)15-13-4-2-3-10(16-13)8-14(15)17-12/h2,4-5,8-9,12-13,18,20,28H,3,6-7,10-11,14H2,1H3;5-7,10,13,16-17H,2-4,8H2,1H3/t18-,20+;/m1./s1. The van der Waals surface area contributed by atoms with E-state index in [-0.39, 0.29) is 0 Å². The number of rotatable bonds is 3. The molecule has 0 saturated carbocycles. The third kappa shape index (κ3) is 5.45. The Hall–Kier alpha value is -3.55. The van der Waals surface area contributed by atoms with Gasteiger partial charge in [0.05, 0.1) is 5.56 Å². The molecule has 0 spiro atoms. The molecule has 0 amide bonds. The molecule has 240 valence electrons. The van der Waals surface area contributed by atoms with Gasteiger partial charge in [-0.2, -0.15) is 13.2 Å². The molecule has 4 nitrogen and oxygen atoms in total. The number of hydrogen-bond acceptors (Lipinski definition) is 2. The zero-order chi connectivity index (χ0) is 31.6. The third-order valence-electron chi connectivity index (χ3n) is 10.9. The van der Waals surface area contributed by atoms with E-state index in [1.54, 1.807) is 11.6 Å². The Bertz CT molecular complexity index is 1910. The lowest BCUT2D eigenvalue weighted by molar-refractivity contribution is -0.137. The van der Waals surface area contributed by atoms with Gasteiger partial charge in [-0.25, -0.2) is 0 Å². The molecule has 4 aliphatic rings. The number of aromatic nitrogens is 2. The Morgan fingerprint density at radius 3 is 2.22 bits per heavy atom. The molecule has 5 aromatic rings. The number of H-pyrrole nitrogens is 1. The van der Waals surface area contributed by atoms with E-state index in [0.717, 1.165) is 24.5 Å². The SMILES string of the molecule is Cc1ccc2[nH]c3c(c2c1)C1CCCC(C3)N1.Cc1ccc2c(c1)c1c(n2CCc2cccc(C(F)(F)F)c2)C[C@H]2CCC[C@@H]1N2. The Labute approximate surface area is 268 Å². The fourth-order valence-corrected chi connectivity index (χ4v) is 8.79. The van der Waals surface area contributed by atoms with E-state index in [9.17, 15) is 13.2 Å². The number of piperidine rings is 2. The van der Waals surface area contributed by atoms with Gasteiger partial charge in [-0.05, 0) is 106 Å². The molecule has 4 aliphatic heterocycles. The number of halogens is 3. The van der Waals surface area contributed by atoms with E-state index >= 15 is 0 Å². The van der Waals surface area contributed by atoms with Gasteiger partial charge in [0.1, 0.15) is 0 Å². The third-order valence-corrected chi connectivity index (χ3v) is 10.9. The van der Waals surface area contributed by atoms with E-state index in [1.165, 1.54) is 101 Å². The van der Waals surface area contributed by atoms with Gasteiger partial charge >= 0.3 is 6.18 Å². The van der Waals surface area contributed by atoms with E-state index in [1.807, 2.05) is 0 Å². The summed E-state index contributed by atoms with van der Waals surface area (Å²) < 4.78 is 41.6. The molecule has 2 saturated heterocycles. The zero-order valence-corrected chi connectivity index (χ0v) is 26.7. The van der Waals surface area contributed by atoms with Crippen molar-refractivity contribution in [2.45, 2.75) is 109 Å². The van der Waals surface area contributed by atoms with Gasteiger partial charge in [-0.15, -0.1) is 0 Å². The second kappa shape index (κ2) is 11.6. The number of aryl methyl sites for hydroxylation is 4. The van der Waals surface area contributed by atoms with Crippen LogP contribution in [0, 0.1) is 13.8 Å². The largest absolute Gasteiger partial charge is 0.416 e. The van der Waals surface area contributed by atoms with Crippen molar-refractivity contribution >= 4 is 21.8 Å². The second-order valence-corrected chi connectivity index (χ2v) is 14.1. The molecule has 46 heavy (non-hydrogen) atoms. The van der Waals surface area contributed by atoms with Crippen molar-refractivity contribution in [3.8, 4) is 0 Å².